The van der Waals surface area contributed by atoms with Crippen LogP contribution in [0.4, 0.5) is 0 Å². The fourth-order valence-electron chi connectivity index (χ4n) is 0.911. The maximum atomic E-state index is 11.0. The van der Waals surface area contributed by atoms with E-state index in [9.17, 15) is 8.42 Å². The third-order valence-corrected chi connectivity index (χ3v) is 4.17. The number of halogens is 2. The molecule has 74 valence electrons. The van der Waals surface area contributed by atoms with Crippen LogP contribution in [0.1, 0.15) is 11.1 Å². The molecule has 0 N–H and O–H groups in total. The van der Waals surface area contributed by atoms with Crippen molar-refractivity contribution in [3.63, 3.8) is 0 Å². The van der Waals surface area contributed by atoms with Crippen molar-refractivity contribution < 1.29 is 8.42 Å². The Morgan fingerprint density at radius 1 is 1.50 bits per heavy atom. The Labute approximate surface area is 100 Å². The normalized spacial score (nSPS) is 11.0. The molecule has 0 aliphatic heterocycles. The minimum Gasteiger partial charge on any atom is -0.207 e. The van der Waals surface area contributed by atoms with Crippen LogP contribution < -0.4 is 0 Å². The number of rotatable bonds is 1. The summed E-state index contributed by atoms with van der Waals surface area (Å²) in [5, 5.41) is 8.74. The maximum absolute atomic E-state index is 11.0. The molecule has 1 aromatic carbocycles. The zero-order chi connectivity index (χ0) is 10.9. The lowest BCUT2D eigenvalue weighted by Gasteiger charge is -2.03. The first-order valence-corrected chi connectivity index (χ1v) is 6.90. The molecule has 14 heavy (non-hydrogen) atoms. The molecule has 0 aromatic heterocycles. The summed E-state index contributed by atoms with van der Waals surface area (Å²) >= 11 is 1.96. The van der Waals surface area contributed by atoms with Gasteiger partial charge < -0.3 is 0 Å². The van der Waals surface area contributed by atoms with Crippen LogP contribution in [0.2, 0.25) is 0 Å². The second-order valence-corrected chi connectivity index (χ2v) is 6.36. The van der Waals surface area contributed by atoms with Crippen molar-refractivity contribution >= 4 is 42.3 Å². The summed E-state index contributed by atoms with van der Waals surface area (Å²) in [6.45, 7) is 1.75. The molecule has 0 amide bonds. The molecule has 0 saturated carbocycles. The van der Waals surface area contributed by atoms with Gasteiger partial charge in [-0.25, -0.2) is 8.42 Å². The summed E-state index contributed by atoms with van der Waals surface area (Å²) in [5.74, 6) is 0. The van der Waals surface area contributed by atoms with Gasteiger partial charge in [-0.3, -0.25) is 0 Å². The SMILES string of the molecule is Cc1c(I)cc(S(=O)(=O)Cl)cc1C#N. The van der Waals surface area contributed by atoms with E-state index in [1.54, 1.807) is 6.92 Å². The molecule has 6 heteroatoms. The van der Waals surface area contributed by atoms with Crippen LogP contribution in [0, 0.1) is 21.8 Å². The van der Waals surface area contributed by atoms with Gasteiger partial charge in [-0.1, -0.05) is 0 Å². The monoisotopic (exact) mass is 341 g/mol. The van der Waals surface area contributed by atoms with E-state index in [2.05, 4.69) is 0 Å². The summed E-state index contributed by atoms with van der Waals surface area (Å²) in [6.07, 6.45) is 0. The van der Waals surface area contributed by atoms with Crippen LogP contribution >= 0.6 is 33.3 Å². The molecule has 3 nitrogen and oxygen atoms in total. The minimum absolute atomic E-state index is 0.0364. The molecule has 0 saturated heterocycles. The van der Waals surface area contributed by atoms with E-state index in [1.807, 2.05) is 28.7 Å². The molecule has 0 aliphatic carbocycles. The second kappa shape index (κ2) is 4.04. The third-order valence-electron chi connectivity index (χ3n) is 1.72. The number of benzene rings is 1. The maximum Gasteiger partial charge on any atom is 0.261 e. The number of nitriles is 1. The predicted molar refractivity (Wildman–Crippen MR) is 61.6 cm³/mol. The summed E-state index contributed by atoms with van der Waals surface area (Å²) < 4.78 is 22.7. The number of hydrogen-bond acceptors (Lipinski definition) is 3. The molecule has 0 heterocycles. The number of nitrogens with zero attached hydrogens (tertiary/aromatic N) is 1. The lowest BCUT2D eigenvalue weighted by atomic mass is 10.1. The van der Waals surface area contributed by atoms with Crippen LogP contribution in [0.15, 0.2) is 17.0 Å². The van der Waals surface area contributed by atoms with E-state index in [4.69, 9.17) is 15.9 Å². The Hall–Kier alpha value is -0.320. The van der Waals surface area contributed by atoms with E-state index in [0.29, 0.717) is 9.13 Å². The smallest absolute Gasteiger partial charge is 0.207 e. The summed E-state index contributed by atoms with van der Waals surface area (Å²) in [5.41, 5.74) is 1.09. The highest BCUT2D eigenvalue weighted by Crippen LogP contribution is 2.23. The second-order valence-electron chi connectivity index (χ2n) is 2.63. The van der Waals surface area contributed by atoms with Crippen molar-refractivity contribution in [3.05, 3.63) is 26.8 Å². The van der Waals surface area contributed by atoms with Crippen LogP contribution in [-0.4, -0.2) is 8.42 Å². The van der Waals surface area contributed by atoms with Gasteiger partial charge >= 0.3 is 0 Å². The van der Waals surface area contributed by atoms with E-state index in [-0.39, 0.29) is 4.90 Å². The van der Waals surface area contributed by atoms with Gasteiger partial charge in [0.1, 0.15) is 0 Å². The number of hydrogen-bond donors (Lipinski definition) is 0. The van der Waals surface area contributed by atoms with Gasteiger partial charge in [0.15, 0.2) is 0 Å². The highest BCUT2D eigenvalue weighted by Gasteiger charge is 2.14. The van der Waals surface area contributed by atoms with Gasteiger partial charge in [0.05, 0.1) is 16.5 Å². The molecule has 0 spiro atoms. The van der Waals surface area contributed by atoms with Gasteiger partial charge in [0, 0.05) is 14.3 Å². The molecular formula is C8H5ClINO2S. The first-order chi connectivity index (χ1) is 6.36. The third kappa shape index (κ3) is 2.38. The van der Waals surface area contributed by atoms with Gasteiger partial charge in [-0.15, -0.1) is 0 Å². The highest BCUT2D eigenvalue weighted by atomic mass is 127. The van der Waals surface area contributed by atoms with Crippen molar-refractivity contribution in [3.8, 4) is 6.07 Å². The molecular weight excluding hydrogens is 337 g/mol. The first kappa shape index (κ1) is 11.8. The molecule has 0 aliphatic rings. The van der Waals surface area contributed by atoms with Gasteiger partial charge in [-0.05, 0) is 47.2 Å². The topological polar surface area (TPSA) is 57.9 Å². The van der Waals surface area contributed by atoms with Crippen LogP contribution in [0.5, 0.6) is 0 Å². The largest absolute Gasteiger partial charge is 0.261 e. The van der Waals surface area contributed by atoms with Crippen molar-refractivity contribution in [2.45, 2.75) is 11.8 Å². The highest BCUT2D eigenvalue weighted by molar-refractivity contribution is 14.1. The Morgan fingerprint density at radius 2 is 2.07 bits per heavy atom. The molecule has 0 radical (unpaired) electrons. The summed E-state index contributed by atoms with van der Waals surface area (Å²) in [6, 6.07) is 4.64. The van der Waals surface area contributed by atoms with Crippen molar-refractivity contribution in [2.75, 3.05) is 0 Å². The van der Waals surface area contributed by atoms with Crippen molar-refractivity contribution in [1.82, 2.24) is 0 Å². The standard InChI is InChI=1S/C8H5ClINO2S/c1-5-6(4-11)2-7(3-8(5)10)14(9,12)13/h2-3H,1H3. The van der Waals surface area contributed by atoms with Gasteiger partial charge in [-0.2, -0.15) is 5.26 Å². The van der Waals surface area contributed by atoms with Gasteiger partial charge in [0.25, 0.3) is 9.05 Å². The average Bonchev–Trinajstić information content (AvgIpc) is 2.07. The Bertz CT molecular complexity index is 519. The van der Waals surface area contributed by atoms with Crippen molar-refractivity contribution in [2.24, 2.45) is 0 Å². The zero-order valence-corrected chi connectivity index (χ0v) is 10.8. The average molecular weight is 342 g/mol. The van der Waals surface area contributed by atoms with E-state index >= 15 is 0 Å². The van der Waals surface area contributed by atoms with Gasteiger partial charge in [0.2, 0.25) is 0 Å². The quantitative estimate of drug-likeness (QED) is 0.582. The lowest BCUT2D eigenvalue weighted by molar-refractivity contribution is 0.609. The molecule has 1 aromatic rings. The zero-order valence-electron chi connectivity index (χ0n) is 7.08. The lowest BCUT2D eigenvalue weighted by Crippen LogP contribution is -1.95. The van der Waals surface area contributed by atoms with Crippen molar-refractivity contribution in [1.29, 1.82) is 5.26 Å². The molecule has 1 rings (SSSR count). The molecule has 0 atom stereocenters. The van der Waals surface area contributed by atoms with Crippen LogP contribution in [0.3, 0.4) is 0 Å². The molecule has 0 bridgehead atoms. The fraction of sp³-hybridized carbons (Fsp3) is 0.125. The molecule has 0 fully saturated rings. The van der Waals surface area contributed by atoms with Crippen LogP contribution in [0.25, 0.3) is 0 Å². The Balaban J connectivity index is 3.56. The summed E-state index contributed by atoms with van der Waals surface area (Å²) in [7, 11) is 1.41. The van der Waals surface area contributed by atoms with Crippen LogP contribution in [-0.2, 0) is 9.05 Å². The Morgan fingerprint density at radius 3 is 2.50 bits per heavy atom. The van der Waals surface area contributed by atoms with E-state index < -0.39 is 9.05 Å². The molecule has 0 unspecified atom stereocenters. The van der Waals surface area contributed by atoms with E-state index in [0.717, 1.165) is 5.56 Å². The minimum atomic E-state index is -3.76. The first-order valence-electron chi connectivity index (χ1n) is 3.51. The predicted octanol–water partition coefficient (Wildman–Crippen LogP) is 2.40. The Kier molecular flexibility index (Phi) is 3.40. The summed E-state index contributed by atoms with van der Waals surface area (Å²) in [4.78, 5) is -0.0364. The fourth-order valence-corrected chi connectivity index (χ4v) is 2.53. The van der Waals surface area contributed by atoms with E-state index in [1.165, 1.54) is 12.1 Å².